The minimum absolute atomic E-state index is 0.105. The number of esters is 1. The lowest BCUT2D eigenvalue weighted by atomic mass is 10.0. The zero-order chi connectivity index (χ0) is 25.4. The second-order valence-corrected chi connectivity index (χ2v) is 7.47. The number of ether oxygens (including phenoxy) is 3. The summed E-state index contributed by atoms with van der Waals surface area (Å²) in [5.74, 6) is -1.23. The Labute approximate surface area is 204 Å². The van der Waals surface area contributed by atoms with Gasteiger partial charge in [-0.1, -0.05) is 54.1 Å². The van der Waals surface area contributed by atoms with Gasteiger partial charge in [-0.15, -0.1) is 0 Å². The number of alkyl halides is 3. The molecule has 0 bridgehead atoms. The molecule has 1 heterocycles. The highest BCUT2D eigenvalue weighted by Gasteiger charge is 2.34. The molecule has 0 aliphatic carbocycles. The topological polar surface area (TPSA) is 82.6 Å². The Morgan fingerprint density at radius 3 is 2.40 bits per heavy atom. The standard InChI is InChI=1S/C24H21ClF3N3O4/c1-33-14-18(22(32)34-2)17-9-5-3-8-16(17)13-35-21-11-20(24(26,27)28)30-23(31-21)29-12-15-7-4-6-10-19(15)25/h3-11,14H,12-13H2,1-2H3,(H,29,30,31)/b18-14+. The first-order chi connectivity index (χ1) is 16.7. The van der Waals surface area contributed by atoms with Crippen molar-refractivity contribution in [3.05, 3.63) is 88.3 Å². The van der Waals surface area contributed by atoms with E-state index in [2.05, 4.69) is 15.3 Å². The molecule has 1 N–H and O–H groups in total. The number of carbonyl (C=O) groups is 1. The summed E-state index contributed by atoms with van der Waals surface area (Å²) < 4.78 is 55.7. The van der Waals surface area contributed by atoms with Crippen molar-refractivity contribution in [2.75, 3.05) is 19.5 Å². The monoisotopic (exact) mass is 507 g/mol. The van der Waals surface area contributed by atoms with Crippen LogP contribution in [0.4, 0.5) is 19.1 Å². The molecule has 0 fully saturated rings. The maximum atomic E-state index is 13.5. The van der Waals surface area contributed by atoms with Gasteiger partial charge in [0.1, 0.15) is 12.2 Å². The minimum atomic E-state index is -4.72. The number of halogens is 4. The number of hydrogen-bond acceptors (Lipinski definition) is 7. The molecule has 0 unspecified atom stereocenters. The zero-order valence-electron chi connectivity index (χ0n) is 18.7. The predicted molar refractivity (Wildman–Crippen MR) is 124 cm³/mol. The summed E-state index contributed by atoms with van der Waals surface area (Å²) in [5, 5.41) is 3.20. The Morgan fingerprint density at radius 1 is 1.06 bits per heavy atom. The third kappa shape index (κ3) is 6.86. The maximum Gasteiger partial charge on any atom is 0.433 e. The molecule has 3 aromatic rings. The molecule has 2 aromatic carbocycles. The van der Waals surface area contributed by atoms with Crippen LogP contribution in [0.3, 0.4) is 0 Å². The zero-order valence-corrected chi connectivity index (χ0v) is 19.5. The minimum Gasteiger partial charge on any atom is -0.503 e. The molecule has 35 heavy (non-hydrogen) atoms. The van der Waals surface area contributed by atoms with Crippen molar-refractivity contribution in [3.8, 4) is 5.88 Å². The van der Waals surface area contributed by atoms with Crippen LogP contribution < -0.4 is 10.1 Å². The maximum absolute atomic E-state index is 13.5. The van der Waals surface area contributed by atoms with E-state index in [0.29, 0.717) is 27.8 Å². The average Bonchev–Trinajstić information content (AvgIpc) is 2.85. The van der Waals surface area contributed by atoms with Gasteiger partial charge >= 0.3 is 12.1 Å². The second-order valence-electron chi connectivity index (χ2n) is 7.06. The first kappa shape index (κ1) is 25.8. The normalized spacial score (nSPS) is 11.7. The summed E-state index contributed by atoms with van der Waals surface area (Å²) in [6.45, 7) is -0.0833. The summed E-state index contributed by atoms with van der Waals surface area (Å²) in [6.07, 6.45) is -3.51. The van der Waals surface area contributed by atoms with Crippen LogP contribution in [0.5, 0.6) is 5.88 Å². The molecule has 0 aliphatic heterocycles. The van der Waals surface area contributed by atoms with E-state index in [1.807, 2.05) is 0 Å². The molecule has 3 rings (SSSR count). The summed E-state index contributed by atoms with van der Waals surface area (Å²) in [4.78, 5) is 19.8. The Morgan fingerprint density at radius 2 is 1.74 bits per heavy atom. The van der Waals surface area contributed by atoms with E-state index in [4.69, 9.17) is 25.8 Å². The Kier molecular flexibility index (Phi) is 8.53. The number of methoxy groups -OCH3 is 2. The van der Waals surface area contributed by atoms with Crippen molar-refractivity contribution in [2.45, 2.75) is 19.3 Å². The fourth-order valence-corrected chi connectivity index (χ4v) is 3.25. The lowest BCUT2D eigenvalue weighted by molar-refractivity contribution is -0.141. The van der Waals surface area contributed by atoms with Gasteiger partial charge in [-0.25, -0.2) is 9.78 Å². The lowest BCUT2D eigenvalue weighted by Gasteiger charge is -2.14. The highest BCUT2D eigenvalue weighted by atomic mass is 35.5. The fraction of sp³-hybridized carbons (Fsp3) is 0.208. The molecule has 1 aromatic heterocycles. The van der Waals surface area contributed by atoms with Crippen LogP contribution in [0.15, 0.2) is 60.9 Å². The lowest BCUT2D eigenvalue weighted by Crippen LogP contribution is -2.13. The second kappa shape index (κ2) is 11.6. The van der Waals surface area contributed by atoms with Gasteiger partial charge in [0.2, 0.25) is 11.8 Å². The molecule has 0 spiro atoms. The summed E-state index contributed by atoms with van der Waals surface area (Å²) >= 11 is 6.11. The van der Waals surface area contributed by atoms with Crippen LogP contribution >= 0.6 is 11.6 Å². The number of rotatable bonds is 9. The molecule has 0 radical (unpaired) electrons. The van der Waals surface area contributed by atoms with Crippen LogP contribution in [-0.2, 0) is 33.6 Å². The Bertz CT molecular complexity index is 1220. The van der Waals surface area contributed by atoms with Crippen LogP contribution in [0.2, 0.25) is 5.02 Å². The number of nitrogens with zero attached hydrogens (tertiary/aromatic N) is 2. The average molecular weight is 508 g/mol. The quantitative estimate of drug-likeness (QED) is 0.232. The molecule has 0 saturated heterocycles. The van der Waals surface area contributed by atoms with Crippen molar-refractivity contribution in [1.29, 1.82) is 0 Å². The van der Waals surface area contributed by atoms with E-state index < -0.39 is 17.8 Å². The van der Waals surface area contributed by atoms with E-state index in [1.54, 1.807) is 48.5 Å². The van der Waals surface area contributed by atoms with Crippen molar-refractivity contribution in [3.63, 3.8) is 0 Å². The van der Waals surface area contributed by atoms with Gasteiger partial charge in [0.15, 0.2) is 5.69 Å². The van der Waals surface area contributed by atoms with E-state index in [1.165, 1.54) is 20.5 Å². The predicted octanol–water partition coefficient (Wildman–Crippen LogP) is 5.50. The van der Waals surface area contributed by atoms with Crippen LogP contribution in [0.25, 0.3) is 5.57 Å². The van der Waals surface area contributed by atoms with Crippen molar-refractivity contribution < 1.29 is 32.2 Å². The third-order valence-corrected chi connectivity index (χ3v) is 5.08. The Balaban J connectivity index is 1.87. The van der Waals surface area contributed by atoms with E-state index in [0.717, 1.165) is 0 Å². The van der Waals surface area contributed by atoms with E-state index in [9.17, 15) is 18.0 Å². The van der Waals surface area contributed by atoms with Gasteiger partial charge in [-0.3, -0.25) is 0 Å². The molecular weight excluding hydrogens is 487 g/mol. The number of benzene rings is 2. The molecule has 7 nitrogen and oxygen atoms in total. The van der Waals surface area contributed by atoms with Gasteiger partial charge in [-0.2, -0.15) is 18.2 Å². The Hall–Kier alpha value is -3.79. The fourth-order valence-electron chi connectivity index (χ4n) is 3.05. The number of carbonyl (C=O) groups excluding carboxylic acids is 1. The highest BCUT2D eigenvalue weighted by Crippen LogP contribution is 2.31. The van der Waals surface area contributed by atoms with Crippen molar-refractivity contribution >= 4 is 29.1 Å². The molecule has 11 heteroatoms. The van der Waals surface area contributed by atoms with Crippen LogP contribution in [0.1, 0.15) is 22.4 Å². The van der Waals surface area contributed by atoms with Crippen LogP contribution in [0, 0.1) is 0 Å². The summed E-state index contributed by atoms with van der Waals surface area (Å²) in [7, 11) is 2.60. The SMILES string of the molecule is CO/C=C(/C(=O)OC)c1ccccc1COc1cc(C(F)(F)F)nc(NCc2ccccc2Cl)n1. The summed E-state index contributed by atoms with van der Waals surface area (Å²) in [6, 6.07) is 14.3. The van der Waals surface area contributed by atoms with Gasteiger partial charge in [0.25, 0.3) is 0 Å². The van der Waals surface area contributed by atoms with Crippen molar-refractivity contribution in [1.82, 2.24) is 9.97 Å². The molecule has 0 atom stereocenters. The molecule has 0 saturated carbocycles. The third-order valence-electron chi connectivity index (χ3n) is 4.71. The largest absolute Gasteiger partial charge is 0.503 e. The number of aromatic nitrogens is 2. The van der Waals surface area contributed by atoms with Gasteiger partial charge in [0, 0.05) is 17.6 Å². The van der Waals surface area contributed by atoms with Gasteiger partial charge < -0.3 is 19.5 Å². The molecule has 184 valence electrons. The molecular formula is C24H21ClF3N3O4. The van der Waals surface area contributed by atoms with E-state index in [-0.39, 0.29) is 30.6 Å². The van der Waals surface area contributed by atoms with Gasteiger partial charge in [-0.05, 0) is 22.8 Å². The number of anilines is 1. The van der Waals surface area contributed by atoms with Gasteiger partial charge in [0.05, 0.1) is 20.5 Å². The van der Waals surface area contributed by atoms with Crippen molar-refractivity contribution in [2.24, 2.45) is 0 Å². The first-order valence-corrected chi connectivity index (χ1v) is 10.6. The first-order valence-electron chi connectivity index (χ1n) is 10.2. The highest BCUT2D eigenvalue weighted by molar-refractivity contribution is 6.31. The summed E-state index contributed by atoms with van der Waals surface area (Å²) in [5.41, 5.74) is 0.538. The number of hydrogen-bond donors (Lipinski definition) is 1. The number of nitrogens with one attached hydrogen (secondary N) is 1. The molecule has 0 amide bonds. The van der Waals surface area contributed by atoms with E-state index >= 15 is 0 Å². The smallest absolute Gasteiger partial charge is 0.433 e. The molecule has 0 aliphatic rings. The van der Waals surface area contributed by atoms with Crippen LogP contribution in [-0.4, -0.2) is 30.2 Å².